The van der Waals surface area contributed by atoms with Gasteiger partial charge >= 0.3 is 0 Å². The molecule has 3 rings (SSSR count). The molecule has 1 N–H and O–H groups in total. The summed E-state index contributed by atoms with van der Waals surface area (Å²) in [5.74, 6) is 0.516. The Bertz CT molecular complexity index is 978. The van der Waals surface area contributed by atoms with Gasteiger partial charge in [0.25, 0.3) is 0 Å². The fourth-order valence-electron chi connectivity index (χ4n) is 2.67. The molecule has 0 atom stereocenters. The van der Waals surface area contributed by atoms with Gasteiger partial charge in [0.1, 0.15) is 19.8 Å². The van der Waals surface area contributed by atoms with Gasteiger partial charge in [-0.05, 0) is 42.8 Å². The number of sulfonamides is 1. The molecule has 1 aliphatic heterocycles. The van der Waals surface area contributed by atoms with Crippen LogP contribution in [-0.4, -0.2) is 40.3 Å². The zero-order valence-corrected chi connectivity index (χ0v) is 16.4. The molecule has 2 aromatic carbocycles. The molecule has 0 saturated carbocycles. The molecule has 0 bridgehead atoms. The Balaban J connectivity index is 1.82. The molecule has 0 unspecified atom stereocenters. The normalized spacial score (nSPS) is 13.1. The van der Waals surface area contributed by atoms with Gasteiger partial charge in [-0.15, -0.1) is 0 Å². The fraction of sp³-hybridized carbons (Fsp3) is 0.278. The van der Waals surface area contributed by atoms with Crippen LogP contribution in [0.15, 0.2) is 36.4 Å². The van der Waals surface area contributed by atoms with E-state index < -0.39 is 15.9 Å². The number of amides is 1. The minimum atomic E-state index is -3.69. The molecular weight excluding hydrogens is 392 g/mol. The molecule has 1 amide bonds. The quantitative estimate of drug-likeness (QED) is 0.819. The molecular formula is C18H19ClN2O5S. The largest absolute Gasteiger partial charge is 0.486 e. The van der Waals surface area contributed by atoms with Crippen LogP contribution in [0.2, 0.25) is 5.02 Å². The number of benzene rings is 2. The van der Waals surface area contributed by atoms with Gasteiger partial charge in [0, 0.05) is 16.8 Å². The maximum absolute atomic E-state index is 12.5. The monoisotopic (exact) mass is 410 g/mol. The average molecular weight is 411 g/mol. The van der Waals surface area contributed by atoms with Gasteiger partial charge in [-0.3, -0.25) is 9.10 Å². The first-order chi connectivity index (χ1) is 12.7. The maximum Gasteiger partial charge on any atom is 0.245 e. The Morgan fingerprint density at radius 1 is 1.15 bits per heavy atom. The van der Waals surface area contributed by atoms with Gasteiger partial charge in [-0.25, -0.2) is 8.42 Å². The Hall–Kier alpha value is -2.45. The number of anilines is 2. The third-order valence-corrected chi connectivity index (χ3v) is 5.34. The van der Waals surface area contributed by atoms with E-state index in [2.05, 4.69) is 5.32 Å². The number of nitrogens with one attached hydrogen (secondary N) is 1. The number of carbonyl (C=O) groups is 1. The first-order valence-electron chi connectivity index (χ1n) is 8.17. The number of carbonyl (C=O) groups excluding carboxylic acids is 1. The number of fused-ring (bicyclic) bond motifs is 1. The van der Waals surface area contributed by atoms with Crippen molar-refractivity contribution in [3.63, 3.8) is 0 Å². The molecule has 27 heavy (non-hydrogen) atoms. The van der Waals surface area contributed by atoms with Crippen molar-refractivity contribution in [2.75, 3.05) is 35.6 Å². The van der Waals surface area contributed by atoms with Gasteiger partial charge in [-0.1, -0.05) is 11.6 Å². The molecule has 0 saturated heterocycles. The van der Waals surface area contributed by atoms with Gasteiger partial charge in [0.15, 0.2) is 11.5 Å². The number of nitrogens with zero attached hydrogens (tertiary/aromatic N) is 1. The van der Waals surface area contributed by atoms with Crippen molar-refractivity contribution in [2.24, 2.45) is 0 Å². The van der Waals surface area contributed by atoms with E-state index in [1.807, 2.05) is 0 Å². The molecule has 144 valence electrons. The van der Waals surface area contributed by atoms with Crippen LogP contribution in [0.5, 0.6) is 11.5 Å². The number of halogens is 1. The topological polar surface area (TPSA) is 84.9 Å². The van der Waals surface area contributed by atoms with E-state index in [0.717, 1.165) is 16.1 Å². The van der Waals surface area contributed by atoms with E-state index in [1.54, 1.807) is 43.3 Å². The fourth-order valence-corrected chi connectivity index (χ4v) is 3.75. The summed E-state index contributed by atoms with van der Waals surface area (Å²) >= 11 is 5.91. The molecule has 0 fully saturated rings. The van der Waals surface area contributed by atoms with E-state index in [-0.39, 0.29) is 6.54 Å². The first kappa shape index (κ1) is 19.3. The van der Waals surface area contributed by atoms with Crippen molar-refractivity contribution in [2.45, 2.75) is 6.92 Å². The number of aryl methyl sites for hydroxylation is 1. The second-order valence-corrected chi connectivity index (χ2v) is 8.45. The van der Waals surface area contributed by atoms with E-state index in [1.165, 1.54) is 0 Å². The van der Waals surface area contributed by atoms with E-state index in [9.17, 15) is 13.2 Å². The van der Waals surface area contributed by atoms with Crippen molar-refractivity contribution in [3.05, 3.63) is 47.0 Å². The highest BCUT2D eigenvalue weighted by molar-refractivity contribution is 7.92. The van der Waals surface area contributed by atoms with Crippen LogP contribution >= 0.6 is 11.6 Å². The lowest BCUT2D eigenvalue weighted by Crippen LogP contribution is -2.37. The van der Waals surface area contributed by atoms with E-state index >= 15 is 0 Å². The third-order valence-electron chi connectivity index (χ3n) is 3.96. The second-order valence-electron chi connectivity index (χ2n) is 6.11. The van der Waals surface area contributed by atoms with Gasteiger partial charge in [0.05, 0.1) is 11.9 Å². The van der Waals surface area contributed by atoms with Gasteiger partial charge < -0.3 is 14.8 Å². The first-order valence-corrected chi connectivity index (χ1v) is 10.4. The smallest absolute Gasteiger partial charge is 0.245 e. The van der Waals surface area contributed by atoms with Crippen LogP contribution in [0.25, 0.3) is 0 Å². The number of rotatable bonds is 5. The van der Waals surface area contributed by atoms with Crippen LogP contribution in [0.4, 0.5) is 11.4 Å². The summed E-state index contributed by atoms with van der Waals surface area (Å²) in [6, 6.07) is 9.80. The highest BCUT2D eigenvalue weighted by atomic mass is 35.5. The Labute approximate surface area is 162 Å². The summed E-state index contributed by atoms with van der Waals surface area (Å²) in [5.41, 5.74) is 1.67. The third kappa shape index (κ3) is 4.64. The standard InChI is InChI=1S/C18H19ClN2O5S/c1-12-9-13(19)3-5-15(12)20-18(22)11-21(27(2,23)24)14-4-6-16-17(10-14)26-8-7-25-16/h3-6,9-10H,7-8,11H2,1-2H3,(H,20,22). The molecule has 9 heteroatoms. The summed E-state index contributed by atoms with van der Waals surface area (Å²) in [6.07, 6.45) is 1.05. The van der Waals surface area contributed by atoms with Crippen LogP contribution in [0.1, 0.15) is 5.56 Å². The van der Waals surface area contributed by atoms with Crippen LogP contribution in [-0.2, 0) is 14.8 Å². The van der Waals surface area contributed by atoms with Crippen LogP contribution in [0, 0.1) is 6.92 Å². The Kier molecular flexibility index (Phi) is 5.48. The summed E-state index contributed by atoms with van der Waals surface area (Å²) in [7, 11) is -3.69. The zero-order chi connectivity index (χ0) is 19.6. The van der Waals surface area contributed by atoms with E-state index in [0.29, 0.717) is 41.1 Å². The van der Waals surface area contributed by atoms with Gasteiger partial charge in [0.2, 0.25) is 15.9 Å². The van der Waals surface area contributed by atoms with Crippen molar-refractivity contribution in [1.29, 1.82) is 0 Å². The van der Waals surface area contributed by atoms with Crippen molar-refractivity contribution >= 4 is 38.9 Å². The highest BCUT2D eigenvalue weighted by Gasteiger charge is 2.23. The van der Waals surface area contributed by atoms with Crippen LogP contribution < -0.4 is 19.1 Å². The predicted octanol–water partition coefficient (Wildman–Crippen LogP) is 2.82. The molecule has 1 aliphatic rings. The van der Waals surface area contributed by atoms with Crippen molar-refractivity contribution < 1.29 is 22.7 Å². The Morgan fingerprint density at radius 3 is 2.52 bits per heavy atom. The second kappa shape index (κ2) is 7.66. The molecule has 0 aliphatic carbocycles. The molecule has 7 nitrogen and oxygen atoms in total. The molecule has 0 aromatic heterocycles. The lowest BCUT2D eigenvalue weighted by atomic mass is 10.2. The minimum absolute atomic E-state index is 0.324. The van der Waals surface area contributed by atoms with Crippen LogP contribution in [0.3, 0.4) is 0 Å². The minimum Gasteiger partial charge on any atom is -0.486 e. The maximum atomic E-state index is 12.5. The number of hydrogen-bond donors (Lipinski definition) is 1. The zero-order valence-electron chi connectivity index (χ0n) is 14.9. The summed E-state index contributed by atoms with van der Waals surface area (Å²) in [4.78, 5) is 12.5. The molecule has 0 spiro atoms. The van der Waals surface area contributed by atoms with Gasteiger partial charge in [-0.2, -0.15) is 0 Å². The van der Waals surface area contributed by atoms with Crippen molar-refractivity contribution in [1.82, 2.24) is 0 Å². The number of hydrogen-bond acceptors (Lipinski definition) is 5. The summed E-state index contributed by atoms with van der Waals surface area (Å²) < 4.78 is 36.5. The molecule has 2 aromatic rings. The summed E-state index contributed by atoms with van der Waals surface area (Å²) in [6.45, 7) is 2.24. The highest BCUT2D eigenvalue weighted by Crippen LogP contribution is 2.34. The Morgan fingerprint density at radius 2 is 1.85 bits per heavy atom. The lowest BCUT2D eigenvalue weighted by Gasteiger charge is -2.25. The average Bonchev–Trinajstić information content (AvgIpc) is 2.61. The summed E-state index contributed by atoms with van der Waals surface area (Å²) in [5, 5.41) is 3.27. The molecule has 0 radical (unpaired) electrons. The van der Waals surface area contributed by atoms with E-state index in [4.69, 9.17) is 21.1 Å². The predicted molar refractivity (Wildman–Crippen MR) is 104 cm³/mol. The number of ether oxygens (including phenoxy) is 2. The van der Waals surface area contributed by atoms with Crippen molar-refractivity contribution in [3.8, 4) is 11.5 Å². The SMILES string of the molecule is Cc1cc(Cl)ccc1NC(=O)CN(c1ccc2c(c1)OCCO2)S(C)(=O)=O. The molecule has 1 heterocycles. The lowest BCUT2D eigenvalue weighted by molar-refractivity contribution is -0.114.